The number of aryl methyl sites for hydroxylation is 1. The monoisotopic (exact) mass is 371 g/mol. The van der Waals surface area contributed by atoms with Gasteiger partial charge >= 0.3 is 0 Å². The second-order valence-corrected chi connectivity index (χ2v) is 7.11. The molecule has 1 fully saturated rings. The lowest BCUT2D eigenvalue weighted by atomic mass is 10.2. The molecule has 0 saturated carbocycles. The van der Waals surface area contributed by atoms with Gasteiger partial charge in [0.15, 0.2) is 0 Å². The molecule has 1 aliphatic heterocycles. The van der Waals surface area contributed by atoms with Crippen molar-refractivity contribution in [2.45, 2.75) is 33.6 Å². The number of anilines is 3. The summed E-state index contributed by atoms with van der Waals surface area (Å²) in [5, 5.41) is 0. The molecule has 1 aromatic heterocycles. The summed E-state index contributed by atoms with van der Waals surface area (Å²) >= 11 is 0. The number of rotatable bonds is 7. The second kappa shape index (κ2) is 9.02. The summed E-state index contributed by atoms with van der Waals surface area (Å²) in [7, 11) is 0. The minimum Gasteiger partial charge on any atom is -0.368 e. The van der Waals surface area contributed by atoms with E-state index < -0.39 is 0 Å². The molecule has 5 nitrogen and oxygen atoms in total. The molecule has 0 spiro atoms. The zero-order chi connectivity index (χ0) is 19.2. The first kappa shape index (κ1) is 19.4. The molecule has 27 heavy (non-hydrogen) atoms. The maximum absolute atomic E-state index is 13.1. The highest BCUT2D eigenvalue weighted by atomic mass is 19.1. The van der Waals surface area contributed by atoms with Crippen molar-refractivity contribution >= 4 is 17.5 Å². The van der Waals surface area contributed by atoms with E-state index in [9.17, 15) is 4.39 Å². The van der Waals surface area contributed by atoms with E-state index in [4.69, 9.17) is 4.98 Å². The summed E-state index contributed by atoms with van der Waals surface area (Å²) < 4.78 is 13.1. The Morgan fingerprint density at radius 3 is 2.11 bits per heavy atom. The third-order valence-corrected chi connectivity index (χ3v) is 4.89. The van der Waals surface area contributed by atoms with Gasteiger partial charge in [-0.15, -0.1) is 0 Å². The van der Waals surface area contributed by atoms with Crippen LogP contribution in [-0.4, -0.2) is 49.2 Å². The highest BCUT2D eigenvalue weighted by Crippen LogP contribution is 2.22. The summed E-state index contributed by atoms with van der Waals surface area (Å²) in [6.45, 7) is 12.0. The SMILES string of the molecule is CCCN(CCC)c1cc(C)nc(N2CCN(c3ccc(F)cc3)CC2)n1. The number of hydrogen-bond donors (Lipinski definition) is 0. The summed E-state index contributed by atoms with van der Waals surface area (Å²) in [4.78, 5) is 16.5. The molecule has 0 N–H and O–H groups in total. The number of halogens is 1. The van der Waals surface area contributed by atoms with E-state index >= 15 is 0 Å². The smallest absolute Gasteiger partial charge is 0.227 e. The van der Waals surface area contributed by atoms with Gasteiger partial charge in [0.05, 0.1) is 0 Å². The van der Waals surface area contributed by atoms with Crippen molar-refractivity contribution in [3.63, 3.8) is 0 Å². The molecule has 0 atom stereocenters. The Balaban J connectivity index is 1.71. The lowest BCUT2D eigenvalue weighted by Gasteiger charge is -2.36. The van der Waals surface area contributed by atoms with Crippen LogP contribution in [0.3, 0.4) is 0 Å². The maximum Gasteiger partial charge on any atom is 0.227 e. The normalized spacial score (nSPS) is 14.5. The molecular weight excluding hydrogens is 341 g/mol. The topological polar surface area (TPSA) is 35.5 Å². The van der Waals surface area contributed by atoms with Crippen LogP contribution in [-0.2, 0) is 0 Å². The fourth-order valence-electron chi connectivity index (χ4n) is 3.54. The van der Waals surface area contributed by atoms with Crippen molar-refractivity contribution in [1.29, 1.82) is 0 Å². The predicted molar refractivity (Wildman–Crippen MR) is 110 cm³/mol. The van der Waals surface area contributed by atoms with Gasteiger partial charge in [0, 0.05) is 56.7 Å². The molecule has 0 amide bonds. The first-order valence-corrected chi connectivity index (χ1v) is 9.96. The van der Waals surface area contributed by atoms with Gasteiger partial charge in [-0.2, -0.15) is 4.98 Å². The Hall–Kier alpha value is -2.37. The van der Waals surface area contributed by atoms with Crippen LogP contribution >= 0.6 is 0 Å². The van der Waals surface area contributed by atoms with Crippen LogP contribution in [0.15, 0.2) is 30.3 Å². The molecule has 1 saturated heterocycles. The Morgan fingerprint density at radius 2 is 1.52 bits per heavy atom. The van der Waals surface area contributed by atoms with Crippen molar-refractivity contribution in [3.8, 4) is 0 Å². The number of piperazine rings is 1. The fraction of sp³-hybridized carbons (Fsp3) is 0.524. The van der Waals surface area contributed by atoms with Gasteiger partial charge in [0.2, 0.25) is 5.95 Å². The quantitative estimate of drug-likeness (QED) is 0.738. The van der Waals surface area contributed by atoms with Crippen molar-refractivity contribution < 1.29 is 4.39 Å². The van der Waals surface area contributed by atoms with Gasteiger partial charge in [-0.3, -0.25) is 0 Å². The molecule has 0 aliphatic carbocycles. The van der Waals surface area contributed by atoms with E-state index in [2.05, 4.69) is 39.6 Å². The van der Waals surface area contributed by atoms with E-state index in [0.29, 0.717) is 0 Å². The molecule has 2 aromatic rings. The van der Waals surface area contributed by atoms with Crippen LogP contribution in [0.2, 0.25) is 0 Å². The number of hydrogen-bond acceptors (Lipinski definition) is 5. The van der Waals surface area contributed by atoms with Crippen LogP contribution in [0.4, 0.5) is 21.8 Å². The Labute approximate surface area is 161 Å². The van der Waals surface area contributed by atoms with Gasteiger partial charge in [-0.25, -0.2) is 9.37 Å². The maximum atomic E-state index is 13.1. The zero-order valence-corrected chi connectivity index (χ0v) is 16.7. The van der Waals surface area contributed by atoms with Crippen LogP contribution in [0.25, 0.3) is 0 Å². The van der Waals surface area contributed by atoms with Crippen LogP contribution < -0.4 is 14.7 Å². The van der Waals surface area contributed by atoms with Crippen LogP contribution in [0.5, 0.6) is 0 Å². The number of nitrogens with zero attached hydrogens (tertiary/aromatic N) is 5. The summed E-state index contributed by atoms with van der Waals surface area (Å²) in [6.07, 6.45) is 2.21. The summed E-state index contributed by atoms with van der Waals surface area (Å²) in [5.74, 6) is 1.66. The number of aromatic nitrogens is 2. The van der Waals surface area contributed by atoms with E-state index in [0.717, 1.165) is 75.3 Å². The first-order chi connectivity index (χ1) is 13.1. The molecule has 0 bridgehead atoms. The molecular formula is C21H30FN5. The lowest BCUT2D eigenvalue weighted by molar-refractivity contribution is 0.622. The van der Waals surface area contributed by atoms with Gasteiger partial charge < -0.3 is 14.7 Å². The average Bonchev–Trinajstić information content (AvgIpc) is 2.68. The highest BCUT2D eigenvalue weighted by Gasteiger charge is 2.21. The Bertz CT molecular complexity index is 720. The molecule has 146 valence electrons. The average molecular weight is 372 g/mol. The van der Waals surface area contributed by atoms with E-state index in [-0.39, 0.29) is 5.82 Å². The van der Waals surface area contributed by atoms with Crippen molar-refractivity contribution in [2.24, 2.45) is 0 Å². The van der Waals surface area contributed by atoms with Crippen molar-refractivity contribution in [3.05, 3.63) is 41.8 Å². The van der Waals surface area contributed by atoms with Gasteiger partial charge in [0.25, 0.3) is 0 Å². The van der Waals surface area contributed by atoms with E-state index in [1.165, 1.54) is 12.1 Å². The number of benzene rings is 1. The van der Waals surface area contributed by atoms with E-state index in [1.54, 1.807) is 0 Å². The minimum atomic E-state index is -0.193. The minimum absolute atomic E-state index is 0.193. The van der Waals surface area contributed by atoms with Crippen molar-refractivity contribution in [2.75, 3.05) is 54.0 Å². The van der Waals surface area contributed by atoms with Gasteiger partial charge in [0.1, 0.15) is 11.6 Å². The standard InChI is InChI=1S/C21H30FN5/c1-4-10-26(11-5-2)20-16-17(3)23-21(24-20)27-14-12-25(13-15-27)19-8-6-18(22)7-9-19/h6-9,16H,4-5,10-15H2,1-3H3. The molecule has 0 radical (unpaired) electrons. The summed E-state index contributed by atoms with van der Waals surface area (Å²) in [6, 6.07) is 8.82. The largest absolute Gasteiger partial charge is 0.368 e. The van der Waals surface area contributed by atoms with Gasteiger partial charge in [-0.05, 0) is 44.0 Å². The molecule has 3 rings (SSSR count). The molecule has 1 aliphatic rings. The van der Waals surface area contributed by atoms with Gasteiger partial charge in [-0.1, -0.05) is 13.8 Å². The predicted octanol–water partition coefficient (Wildman–Crippen LogP) is 3.88. The fourth-order valence-corrected chi connectivity index (χ4v) is 3.54. The Kier molecular flexibility index (Phi) is 6.48. The van der Waals surface area contributed by atoms with Crippen molar-refractivity contribution in [1.82, 2.24) is 9.97 Å². The second-order valence-electron chi connectivity index (χ2n) is 7.11. The highest BCUT2D eigenvalue weighted by molar-refractivity contribution is 5.50. The van der Waals surface area contributed by atoms with Crippen LogP contribution in [0.1, 0.15) is 32.4 Å². The first-order valence-electron chi connectivity index (χ1n) is 9.96. The molecule has 6 heteroatoms. The third-order valence-electron chi connectivity index (χ3n) is 4.89. The lowest BCUT2D eigenvalue weighted by Crippen LogP contribution is -2.47. The molecule has 2 heterocycles. The summed E-state index contributed by atoms with van der Waals surface area (Å²) in [5.41, 5.74) is 2.08. The van der Waals surface area contributed by atoms with E-state index in [1.807, 2.05) is 19.1 Å². The van der Waals surface area contributed by atoms with Crippen LogP contribution in [0, 0.1) is 12.7 Å². The zero-order valence-electron chi connectivity index (χ0n) is 16.7. The molecule has 1 aromatic carbocycles. The third kappa shape index (κ3) is 4.87. The molecule has 0 unspecified atom stereocenters. The Morgan fingerprint density at radius 1 is 0.926 bits per heavy atom.